The van der Waals surface area contributed by atoms with Crippen LogP contribution in [0.4, 0.5) is 4.79 Å². The van der Waals surface area contributed by atoms with Crippen molar-refractivity contribution in [3.63, 3.8) is 0 Å². The van der Waals surface area contributed by atoms with Crippen molar-refractivity contribution in [2.24, 2.45) is 0 Å². The average Bonchev–Trinajstić information content (AvgIpc) is 2.99. The van der Waals surface area contributed by atoms with Crippen LogP contribution in [-0.4, -0.2) is 37.8 Å². The minimum Gasteiger partial charge on any atom is -0.329 e. The first-order valence-electron chi connectivity index (χ1n) is 7.52. The summed E-state index contributed by atoms with van der Waals surface area (Å²) in [5.41, 5.74) is 1.00. The molecule has 2 amide bonds. The largest absolute Gasteiger partial charge is 0.329 e. The zero-order valence-electron chi connectivity index (χ0n) is 12.9. The lowest BCUT2D eigenvalue weighted by Gasteiger charge is -2.48. The molecule has 2 heterocycles. The number of likely N-dealkylation sites (tertiary alicyclic amines) is 1. The van der Waals surface area contributed by atoms with Crippen LogP contribution in [-0.2, 0) is 6.54 Å². The molecule has 0 radical (unpaired) electrons. The number of hydrogen-bond donors (Lipinski definition) is 1. The maximum absolute atomic E-state index is 12.5. The van der Waals surface area contributed by atoms with Gasteiger partial charge in [-0.3, -0.25) is 4.68 Å². The van der Waals surface area contributed by atoms with Crippen molar-refractivity contribution < 1.29 is 4.79 Å². The van der Waals surface area contributed by atoms with Crippen molar-refractivity contribution in [1.29, 1.82) is 0 Å². The van der Waals surface area contributed by atoms with Crippen LogP contribution < -0.4 is 5.32 Å². The van der Waals surface area contributed by atoms with Crippen molar-refractivity contribution in [2.45, 2.75) is 38.4 Å². The van der Waals surface area contributed by atoms with Gasteiger partial charge in [-0.1, -0.05) is 30.3 Å². The fraction of sp³-hybridized carbons (Fsp3) is 0.438. The van der Waals surface area contributed by atoms with E-state index in [-0.39, 0.29) is 17.6 Å². The Hall–Kier alpha value is -2.37. The third-order valence-electron chi connectivity index (χ3n) is 4.26. The van der Waals surface area contributed by atoms with Crippen molar-refractivity contribution in [3.8, 4) is 0 Å². The first-order valence-corrected chi connectivity index (χ1v) is 7.52. The van der Waals surface area contributed by atoms with Gasteiger partial charge >= 0.3 is 6.03 Å². The molecule has 6 nitrogen and oxygen atoms in total. The van der Waals surface area contributed by atoms with Gasteiger partial charge in [0.25, 0.3) is 0 Å². The zero-order valence-corrected chi connectivity index (χ0v) is 12.9. The molecule has 1 aromatic carbocycles. The fourth-order valence-electron chi connectivity index (χ4n) is 2.71. The molecule has 1 unspecified atom stereocenters. The van der Waals surface area contributed by atoms with Gasteiger partial charge in [-0.15, -0.1) is 0 Å². The fourth-order valence-corrected chi connectivity index (χ4v) is 2.71. The Morgan fingerprint density at radius 1 is 1.36 bits per heavy atom. The summed E-state index contributed by atoms with van der Waals surface area (Å²) < 4.78 is 1.74. The minimum atomic E-state index is -0.133. The number of rotatable bonds is 4. The Morgan fingerprint density at radius 3 is 2.68 bits per heavy atom. The van der Waals surface area contributed by atoms with Gasteiger partial charge < -0.3 is 10.2 Å². The van der Waals surface area contributed by atoms with Crippen LogP contribution in [0.2, 0.25) is 0 Å². The number of benzene rings is 1. The van der Waals surface area contributed by atoms with Gasteiger partial charge in [0, 0.05) is 12.1 Å². The molecule has 1 aliphatic rings. The number of hydrogen-bond acceptors (Lipinski definition) is 3. The van der Waals surface area contributed by atoms with Crippen LogP contribution in [0.1, 0.15) is 31.9 Å². The highest BCUT2D eigenvalue weighted by atomic mass is 16.2. The van der Waals surface area contributed by atoms with E-state index in [1.54, 1.807) is 11.0 Å². The lowest BCUT2D eigenvalue weighted by atomic mass is 9.89. The van der Waals surface area contributed by atoms with Gasteiger partial charge in [-0.2, -0.15) is 5.10 Å². The first kappa shape index (κ1) is 14.6. The van der Waals surface area contributed by atoms with Gasteiger partial charge in [0.1, 0.15) is 12.7 Å². The maximum atomic E-state index is 12.5. The highest BCUT2D eigenvalue weighted by Gasteiger charge is 2.39. The van der Waals surface area contributed by atoms with Crippen LogP contribution in [0.15, 0.2) is 43.0 Å². The summed E-state index contributed by atoms with van der Waals surface area (Å²) >= 11 is 0. The van der Waals surface area contributed by atoms with Gasteiger partial charge in [0.05, 0.1) is 12.6 Å². The molecule has 1 aliphatic heterocycles. The number of carbonyl (C=O) groups is 1. The average molecular weight is 299 g/mol. The van der Waals surface area contributed by atoms with Crippen molar-refractivity contribution in [2.75, 3.05) is 6.54 Å². The highest BCUT2D eigenvalue weighted by molar-refractivity contribution is 5.76. The number of urea groups is 1. The zero-order chi connectivity index (χ0) is 15.6. The van der Waals surface area contributed by atoms with E-state index in [9.17, 15) is 4.79 Å². The lowest BCUT2D eigenvalue weighted by Crippen LogP contribution is -2.61. The summed E-state index contributed by atoms with van der Waals surface area (Å²) in [5, 5.41) is 7.26. The molecule has 2 aromatic rings. The van der Waals surface area contributed by atoms with E-state index in [4.69, 9.17) is 0 Å². The lowest BCUT2D eigenvalue weighted by molar-refractivity contribution is 0.0512. The predicted molar refractivity (Wildman–Crippen MR) is 83.1 cm³/mol. The monoisotopic (exact) mass is 299 g/mol. The second-order valence-corrected chi connectivity index (χ2v) is 6.24. The number of nitrogens with zero attached hydrogens (tertiary/aromatic N) is 4. The summed E-state index contributed by atoms with van der Waals surface area (Å²) in [6.07, 6.45) is 4.21. The molecule has 1 aromatic heterocycles. The van der Waals surface area contributed by atoms with Crippen molar-refractivity contribution >= 4 is 6.03 Å². The molecule has 0 spiro atoms. The van der Waals surface area contributed by atoms with E-state index >= 15 is 0 Å². The summed E-state index contributed by atoms with van der Waals surface area (Å²) in [4.78, 5) is 18.4. The molecule has 1 N–H and O–H groups in total. The normalized spacial score (nSPS) is 17.6. The molecule has 1 saturated heterocycles. The number of nitrogens with one attached hydrogen (secondary N) is 1. The van der Waals surface area contributed by atoms with Gasteiger partial charge in [0.2, 0.25) is 0 Å². The predicted octanol–water partition coefficient (Wildman–Crippen LogP) is 2.21. The van der Waals surface area contributed by atoms with E-state index in [2.05, 4.69) is 29.2 Å². The minimum absolute atomic E-state index is 0.0229. The second kappa shape index (κ2) is 5.79. The van der Waals surface area contributed by atoms with Gasteiger partial charge in [-0.05, 0) is 25.8 Å². The van der Waals surface area contributed by atoms with Gasteiger partial charge in [0.15, 0.2) is 0 Å². The molecule has 3 rings (SSSR count). The molecule has 22 heavy (non-hydrogen) atoms. The molecule has 0 bridgehead atoms. The molecule has 1 atom stereocenters. The van der Waals surface area contributed by atoms with E-state index < -0.39 is 0 Å². The summed E-state index contributed by atoms with van der Waals surface area (Å²) in [7, 11) is 0. The molecule has 0 saturated carbocycles. The van der Waals surface area contributed by atoms with E-state index in [1.807, 2.05) is 35.2 Å². The van der Waals surface area contributed by atoms with Crippen LogP contribution in [0.3, 0.4) is 0 Å². The molecule has 0 aliphatic carbocycles. The van der Waals surface area contributed by atoms with E-state index in [0.717, 1.165) is 18.5 Å². The van der Waals surface area contributed by atoms with Crippen LogP contribution in [0, 0.1) is 0 Å². The first-order chi connectivity index (χ1) is 10.6. The molecule has 6 heteroatoms. The Labute approximate surface area is 130 Å². The van der Waals surface area contributed by atoms with E-state index in [1.165, 1.54) is 6.33 Å². The van der Waals surface area contributed by atoms with Gasteiger partial charge in [-0.25, -0.2) is 9.78 Å². The molecular formula is C16H21N5O. The Morgan fingerprint density at radius 2 is 2.14 bits per heavy atom. The summed E-state index contributed by atoms with van der Waals surface area (Å²) in [6, 6.07) is 9.80. The topological polar surface area (TPSA) is 63.1 Å². The number of carbonyl (C=O) groups excluding carboxylic acids is 1. The van der Waals surface area contributed by atoms with E-state index in [0.29, 0.717) is 6.54 Å². The highest BCUT2D eigenvalue weighted by Crippen LogP contribution is 2.29. The van der Waals surface area contributed by atoms with Crippen molar-refractivity contribution in [3.05, 3.63) is 48.5 Å². The molecular weight excluding hydrogens is 278 g/mol. The SMILES string of the molecule is CC1(C)CCN1C(=O)NC(Cn1cncn1)c1ccccc1. The summed E-state index contributed by atoms with van der Waals surface area (Å²) in [6.45, 7) is 5.55. The quantitative estimate of drug-likeness (QED) is 0.941. The second-order valence-electron chi connectivity index (χ2n) is 6.24. The van der Waals surface area contributed by atoms with Crippen LogP contribution in [0.25, 0.3) is 0 Å². The number of amides is 2. The summed E-state index contributed by atoms with van der Waals surface area (Å²) in [5.74, 6) is 0. The maximum Gasteiger partial charge on any atom is 0.318 e. The third-order valence-corrected chi connectivity index (χ3v) is 4.26. The standard InChI is InChI=1S/C16H21N5O/c1-16(2)8-9-21(16)15(22)19-14(10-20-12-17-11-18-20)13-6-4-3-5-7-13/h3-7,11-12,14H,8-10H2,1-2H3,(H,19,22). The van der Waals surface area contributed by atoms with Crippen LogP contribution >= 0.6 is 0 Å². The Kier molecular flexibility index (Phi) is 3.83. The molecule has 116 valence electrons. The smallest absolute Gasteiger partial charge is 0.318 e. The number of aromatic nitrogens is 3. The van der Waals surface area contributed by atoms with Crippen molar-refractivity contribution in [1.82, 2.24) is 25.0 Å². The third kappa shape index (κ3) is 2.95. The Balaban J connectivity index is 1.75. The van der Waals surface area contributed by atoms with Crippen LogP contribution in [0.5, 0.6) is 0 Å². The Bertz CT molecular complexity index is 623. The molecule has 1 fully saturated rings.